The molecule has 9 aromatic carbocycles. The Hall–Kier alpha value is -4.68. The maximum Gasteiger partial charge on any atom is -0.00141 e. The Morgan fingerprint density at radius 3 is 0.889 bits per heavy atom. The highest BCUT2D eigenvalue weighted by Gasteiger charge is 2.15. The van der Waals surface area contributed by atoms with E-state index in [1.165, 1.54) is 75.4 Å². The topological polar surface area (TPSA) is 0 Å². The van der Waals surface area contributed by atoms with Crippen molar-refractivity contribution < 1.29 is 0 Å². The first-order valence-corrected chi connectivity index (χ1v) is 12.5. The lowest BCUT2D eigenvalue weighted by Crippen LogP contribution is -1.89. The molecule has 0 fully saturated rings. The highest BCUT2D eigenvalue weighted by Crippen LogP contribution is 2.44. The molecule has 0 amide bonds. The summed E-state index contributed by atoms with van der Waals surface area (Å²) < 4.78 is 0. The van der Waals surface area contributed by atoms with Gasteiger partial charge in [-0.1, -0.05) is 121 Å². The molecule has 0 aliphatic rings. The molecule has 0 aromatic heterocycles. The van der Waals surface area contributed by atoms with E-state index in [0.29, 0.717) is 0 Å². The summed E-state index contributed by atoms with van der Waals surface area (Å²) in [6, 6.07) is 48.3. The van der Waals surface area contributed by atoms with Gasteiger partial charge in [-0.15, -0.1) is 0 Å². The fourth-order valence-corrected chi connectivity index (χ4v) is 6.12. The van der Waals surface area contributed by atoms with E-state index in [0.717, 1.165) is 0 Å². The number of benzene rings is 9. The largest absolute Gasteiger partial charge is 0.0616 e. The minimum atomic E-state index is 1.31. The monoisotopic (exact) mass is 454 g/mol. The molecule has 0 N–H and O–H groups in total. The Labute approximate surface area is 208 Å². The van der Waals surface area contributed by atoms with Gasteiger partial charge in [0, 0.05) is 0 Å². The molecule has 9 aromatic rings. The van der Waals surface area contributed by atoms with Crippen LogP contribution in [0.3, 0.4) is 0 Å². The Morgan fingerprint density at radius 2 is 0.528 bits per heavy atom. The van der Waals surface area contributed by atoms with E-state index < -0.39 is 0 Å². The summed E-state index contributed by atoms with van der Waals surface area (Å²) in [5, 5.41) is 19.0. The molecule has 9 rings (SSSR count). The second-order valence-corrected chi connectivity index (χ2v) is 9.75. The van der Waals surface area contributed by atoms with E-state index >= 15 is 0 Å². The van der Waals surface area contributed by atoms with Crippen LogP contribution in [0.4, 0.5) is 0 Å². The first-order chi connectivity index (χ1) is 17.8. The summed E-state index contributed by atoms with van der Waals surface area (Å²) >= 11 is 0. The summed E-state index contributed by atoms with van der Waals surface area (Å²) in [6.45, 7) is 0. The minimum Gasteiger partial charge on any atom is -0.0616 e. The van der Waals surface area contributed by atoms with E-state index in [1.54, 1.807) is 0 Å². The fraction of sp³-hybridized carbons (Fsp3) is 0. The Bertz CT molecular complexity index is 1980. The summed E-state index contributed by atoms with van der Waals surface area (Å²) in [4.78, 5) is 0. The highest BCUT2D eigenvalue weighted by molar-refractivity contribution is 6.39. The van der Waals surface area contributed by atoms with Gasteiger partial charge in [0.05, 0.1) is 0 Å². The Balaban J connectivity index is 0.000000127. The predicted octanol–water partition coefficient (Wildman–Crippen LogP) is 10.3. The van der Waals surface area contributed by atoms with Crippen molar-refractivity contribution in [3.8, 4) is 0 Å². The molecular weight excluding hydrogens is 432 g/mol. The molecule has 0 saturated heterocycles. The molecule has 0 bridgehead atoms. The molecule has 0 heteroatoms. The molecule has 0 atom stereocenters. The summed E-state index contributed by atoms with van der Waals surface area (Å²) in [5.74, 6) is 0. The van der Waals surface area contributed by atoms with Gasteiger partial charge >= 0.3 is 0 Å². The number of rotatable bonds is 0. The number of hydrogen-bond acceptors (Lipinski definition) is 0. The van der Waals surface area contributed by atoms with E-state index in [2.05, 4.69) is 133 Å². The maximum atomic E-state index is 2.27. The van der Waals surface area contributed by atoms with Crippen LogP contribution in [-0.4, -0.2) is 0 Å². The molecule has 0 radical (unpaired) electrons. The molecular formula is C36H22. The zero-order chi connectivity index (χ0) is 23.6. The Kier molecular flexibility index (Phi) is 4.03. The van der Waals surface area contributed by atoms with Crippen LogP contribution in [0.15, 0.2) is 133 Å². The van der Waals surface area contributed by atoms with Crippen LogP contribution < -0.4 is 0 Å². The average molecular weight is 455 g/mol. The van der Waals surface area contributed by atoms with E-state index in [9.17, 15) is 0 Å². The second kappa shape index (κ2) is 7.41. The lowest BCUT2D eigenvalue weighted by Gasteiger charge is -2.17. The van der Waals surface area contributed by atoms with Gasteiger partial charge in [0.2, 0.25) is 0 Å². The Morgan fingerprint density at radius 1 is 0.222 bits per heavy atom. The van der Waals surface area contributed by atoms with Gasteiger partial charge < -0.3 is 0 Å². The standard InChI is InChI=1S/C22H12.C14H10/c1-3-13-7-9-15-11-12-16-10-8-14-4-2-6-18-17(5-1)19(13)21(15)22(16)20(14)18;1-2-6-12-10-14-8-4-3-7-13(14)9-11(12)5-1/h1-12H;1-10H. The molecule has 0 heterocycles. The van der Waals surface area contributed by atoms with Crippen molar-refractivity contribution >= 4 is 75.4 Å². The maximum absolute atomic E-state index is 2.27. The van der Waals surface area contributed by atoms with Crippen LogP contribution in [0, 0.1) is 0 Å². The van der Waals surface area contributed by atoms with Gasteiger partial charge in [-0.25, -0.2) is 0 Å². The first-order valence-electron chi connectivity index (χ1n) is 12.5. The zero-order valence-electron chi connectivity index (χ0n) is 19.7. The average Bonchev–Trinajstić information content (AvgIpc) is 2.95. The highest BCUT2D eigenvalue weighted by atomic mass is 14.2. The third-order valence-electron chi connectivity index (χ3n) is 7.75. The van der Waals surface area contributed by atoms with Crippen LogP contribution in [0.5, 0.6) is 0 Å². The molecule has 0 aliphatic heterocycles. The van der Waals surface area contributed by atoms with Crippen LogP contribution in [0.25, 0.3) is 75.4 Å². The van der Waals surface area contributed by atoms with Gasteiger partial charge in [0.15, 0.2) is 0 Å². The lowest BCUT2D eigenvalue weighted by atomic mass is 9.86. The summed E-state index contributed by atoms with van der Waals surface area (Å²) in [6.07, 6.45) is 0. The van der Waals surface area contributed by atoms with Crippen molar-refractivity contribution in [1.29, 1.82) is 0 Å². The number of fused-ring (bicyclic) bond motifs is 3. The van der Waals surface area contributed by atoms with Crippen molar-refractivity contribution in [3.63, 3.8) is 0 Å². The van der Waals surface area contributed by atoms with Gasteiger partial charge in [-0.2, -0.15) is 0 Å². The van der Waals surface area contributed by atoms with Crippen molar-refractivity contribution in [2.45, 2.75) is 0 Å². The quantitative estimate of drug-likeness (QED) is 0.158. The first kappa shape index (κ1) is 19.6. The fourth-order valence-electron chi connectivity index (χ4n) is 6.12. The van der Waals surface area contributed by atoms with E-state index in [1.807, 2.05) is 0 Å². The normalized spacial score (nSPS) is 11.9. The molecule has 0 aliphatic carbocycles. The number of hydrogen-bond donors (Lipinski definition) is 0. The summed E-state index contributed by atoms with van der Waals surface area (Å²) in [7, 11) is 0. The molecule has 0 saturated carbocycles. The molecule has 166 valence electrons. The lowest BCUT2D eigenvalue weighted by molar-refractivity contribution is 1.76. The summed E-state index contributed by atoms with van der Waals surface area (Å²) in [5.41, 5.74) is 0. The van der Waals surface area contributed by atoms with Gasteiger partial charge in [0.1, 0.15) is 0 Å². The molecule has 0 unspecified atom stereocenters. The second-order valence-electron chi connectivity index (χ2n) is 9.75. The predicted molar refractivity (Wildman–Crippen MR) is 158 cm³/mol. The van der Waals surface area contributed by atoms with Gasteiger partial charge in [-0.3, -0.25) is 0 Å². The van der Waals surface area contributed by atoms with Gasteiger partial charge in [-0.05, 0) is 87.5 Å². The molecule has 36 heavy (non-hydrogen) atoms. The van der Waals surface area contributed by atoms with Crippen LogP contribution >= 0.6 is 0 Å². The van der Waals surface area contributed by atoms with Crippen molar-refractivity contribution in [3.05, 3.63) is 133 Å². The minimum absolute atomic E-state index is 1.31. The molecule has 0 spiro atoms. The zero-order valence-corrected chi connectivity index (χ0v) is 19.7. The van der Waals surface area contributed by atoms with Crippen molar-refractivity contribution in [2.75, 3.05) is 0 Å². The van der Waals surface area contributed by atoms with E-state index in [4.69, 9.17) is 0 Å². The molecule has 0 nitrogen and oxygen atoms in total. The van der Waals surface area contributed by atoms with Crippen molar-refractivity contribution in [1.82, 2.24) is 0 Å². The smallest absolute Gasteiger partial charge is 0.00141 e. The van der Waals surface area contributed by atoms with Crippen LogP contribution in [0.1, 0.15) is 0 Å². The van der Waals surface area contributed by atoms with E-state index in [-0.39, 0.29) is 0 Å². The van der Waals surface area contributed by atoms with Gasteiger partial charge in [0.25, 0.3) is 0 Å². The van der Waals surface area contributed by atoms with Crippen LogP contribution in [-0.2, 0) is 0 Å². The SMILES string of the molecule is c1cc2ccc3ccc4ccc5cccc6c(c1)c2c3c4c56.c1ccc2cc3ccccc3cc2c1. The third-order valence-corrected chi connectivity index (χ3v) is 7.75. The van der Waals surface area contributed by atoms with Crippen LogP contribution in [0.2, 0.25) is 0 Å². The van der Waals surface area contributed by atoms with Crippen molar-refractivity contribution in [2.24, 2.45) is 0 Å². The third kappa shape index (κ3) is 2.76.